The SMILES string of the molecule is CC1(C)CCCC(CN)(Cc2ccccc2Br)C1O. The molecule has 2 atom stereocenters. The summed E-state index contributed by atoms with van der Waals surface area (Å²) >= 11 is 3.60. The summed E-state index contributed by atoms with van der Waals surface area (Å²) in [6.07, 6.45) is 3.73. The van der Waals surface area contributed by atoms with Crippen molar-refractivity contribution in [3.05, 3.63) is 34.3 Å². The molecular formula is C16H24BrNO. The minimum atomic E-state index is -0.342. The Morgan fingerprint density at radius 1 is 1.32 bits per heavy atom. The van der Waals surface area contributed by atoms with E-state index in [1.165, 1.54) is 5.56 Å². The molecule has 3 N–H and O–H groups in total. The number of hydrogen-bond acceptors (Lipinski definition) is 2. The van der Waals surface area contributed by atoms with E-state index >= 15 is 0 Å². The quantitative estimate of drug-likeness (QED) is 0.893. The lowest BCUT2D eigenvalue weighted by atomic mass is 9.59. The standard InChI is InChI=1S/C16H24BrNO/c1-15(2)8-5-9-16(11-18,14(15)19)10-12-6-3-4-7-13(12)17/h3-4,6-7,14,19H,5,8-11,18H2,1-2H3. The molecule has 3 heteroatoms. The van der Waals surface area contributed by atoms with E-state index in [9.17, 15) is 5.11 Å². The summed E-state index contributed by atoms with van der Waals surface area (Å²) in [5.74, 6) is 0. The van der Waals surface area contributed by atoms with Crippen molar-refractivity contribution in [3.63, 3.8) is 0 Å². The van der Waals surface area contributed by atoms with Crippen molar-refractivity contribution >= 4 is 15.9 Å². The zero-order valence-electron chi connectivity index (χ0n) is 11.8. The first-order valence-corrected chi connectivity index (χ1v) is 7.82. The summed E-state index contributed by atoms with van der Waals surface area (Å²) in [4.78, 5) is 0. The van der Waals surface area contributed by atoms with Crippen LogP contribution in [0.3, 0.4) is 0 Å². The van der Waals surface area contributed by atoms with Gasteiger partial charge in [-0.05, 0) is 36.3 Å². The van der Waals surface area contributed by atoms with Crippen molar-refractivity contribution < 1.29 is 5.11 Å². The second kappa shape index (κ2) is 5.55. The summed E-state index contributed by atoms with van der Waals surface area (Å²) in [7, 11) is 0. The molecule has 0 radical (unpaired) electrons. The highest BCUT2D eigenvalue weighted by molar-refractivity contribution is 9.10. The normalized spacial score (nSPS) is 30.3. The minimum absolute atomic E-state index is 0.0428. The maximum atomic E-state index is 10.8. The minimum Gasteiger partial charge on any atom is -0.392 e. The lowest BCUT2D eigenvalue weighted by Crippen LogP contribution is -2.53. The first kappa shape index (κ1) is 15.0. The molecule has 0 heterocycles. The lowest BCUT2D eigenvalue weighted by Gasteiger charge is -2.49. The van der Waals surface area contributed by atoms with Gasteiger partial charge in [-0.2, -0.15) is 0 Å². The molecule has 2 rings (SSSR count). The van der Waals surface area contributed by atoms with Gasteiger partial charge in [0.05, 0.1) is 6.10 Å². The van der Waals surface area contributed by atoms with Crippen LogP contribution in [0.2, 0.25) is 0 Å². The lowest BCUT2D eigenvalue weighted by molar-refractivity contribution is -0.0885. The van der Waals surface area contributed by atoms with Gasteiger partial charge in [0.2, 0.25) is 0 Å². The fraction of sp³-hybridized carbons (Fsp3) is 0.625. The Balaban J connectivity index is 2.30. The average molecular weight is 326 g/mol. The Morgan fingerprint density at radius 3 is 2.63 bits per heavy atom. The Kier molecular flexibility index (Phi) is 4.38. The van der Waals surface area contributed by atoms with Crippen LogP contribution in [0.5, 0.6) is 0 Å². The van der Waals surface area contributed by atoms with E-state index in [4.69, 9.17) is 5.73 Å². The van der Waals surface area contributed by atoms with Gasteiger partial charge < -0.3 is 10.8 Å². The maximum absolute atomic E-state index is 10.8. The molecule has 19 heavy (non-hydrogen) atoms. The molecule has 1 aromatic rings. The van der Waals surface area contributed by atoms with E-state index in [2.05, 4.69) is 41.9 Å². The third kappa shape index (κ3) is 2.88. The van der Waals surface area contributed by atoms with Crippen molar-refractivity contribution in [1.29, 1.82) is 0 Å². The smallest absolute Gasteiger partial charge is 0.0662 e. The van der Waals surface area contributed by atoms with E-state index in [0.29, 0.717) is 6.54 Å². The number of benzene rings is 1. The molecule has 1 saturated carbocycles. The molecule has 0 bridgehead atoms. The number of aliphatic hydroxyl groups is 1. The van der Waals surface area contributed by atoms with Crippen LogP contribution >= 0.6 is 15.9 Å². The van der Waals surface area contributed by atoms with Gasteiger partial charge in [0.15, 0.2) is 0 Å². The van der Waals surface area contributed by atoms with Crippen molar-refractivity contribution in [2.24, 2.45) is 16.6 Å². The van der Waals surface area contributed by atoms with Gasteiger partial charge in [0.25, 0.3) is 0 Å². The van der Waals surface area contributed by atoms with E-state index < -0.39 is 0 Å². The summed E-state index contributed by atoms with van der Waals surface area (Å²) in [5.41, 5.74) is 7.08. The summed E-state index contributed by atoms with van der Waals surface area (Å²) in [6, 6.07) is 8.24. The Morgan fingerprint density at radius 2 is 2.00 bits per heavy atom. The molecule has 0 amide bonds. The molecule has 1 aliphatic carbocycles. The van der Waals surface area contributed by atoms with Gasteiger partial charge in [-0.1, -0.05) is 54.4 Å². The first-order chi connectivity index (χ1) is 8.91. The van der Waals surface area contributed by atoms with Crippen LogP contribution in [0, 0.1) is 10.8 Å². The van der Waals surface area contributed by atoms with Gasteiger partial charge in [0, 0.05) is 16.4 Å². The highest BCUT2D eigenvalue weighted by Gasteiger charge is 2.47. The second-order valence-corrected chi connectivity index (χ2v) is 7.43. The third-order valence-electron chi connectivity index (χ3n) is 4.72. The molecule has 2 nitrogen and oxygen atoms in total. The zero-order valence-corrected chi connectivity index (χ0v) is 13.4. The van der Waals surface area contributed by atoms with Crippen LogP contribution < -0.4 is 5.73 Å². The largest absolute Gasteiger partial charge is 0.392 e. The van der Waals surface area contributed by atoms with Gasteiger partial charge in [0.1, 0.15) is 0 Å². The average Bonchev–Trinajstić information content (AvgIpc) is 2.38. The molecule has 0 aromatic heterocycles. The van der Waals surface area contributed by atoms with Crippen molar-refractivity contribution in [3.8, 4) is 0 Å². The molecule has 1 fully saturated rings. The van der Waals surface area contributed by atoms with Gasteiger partial charge in [-0.3, -0.25) is 0 Å². The van der Waals surface area contributed by atoms with Gasteiger partial charge in [-0.25, -0.2) is 0 Å². The van der Waals surface area contributed by atoms with Gasteiger partial charge >= 0.3 is 0 Å². The second-order valence-electron chi connectivity index (χ2n) is 6.58. The number of halogens is 1. The molecule has 0 saturated heterocycles. The fourth-order valence-electron chi connectivity index (χ4n) is 3.49. The topological polar surface area (TPSA) is 46.2 Å². The number of nitrogens with two attached hydrogens (primary N) is 1. The third-order valence-corrected chi connectivity index (χ3v) is 5.50. The van der Waals surface area contributed by atoms with E-state index in [-0.39, 0.29) is 16.9 Å². The van der Waals surface area contributed by atoms with E-state index in [1.807, 2.05) is 12.1 Å². The predicted molar refractivity (Wildman–Crippen MR) is 83.0 cm³/mol. The van der Waals surface area contributed by atoms with Crippen LogP contribution in [0.1, 0.15) is 38.7 Å². The Labute approximate surface area is 124 Å². The van der Waals surface area contributed by atoms with Gasteiger partial charge in [-0.15, -0.1) is 0 Å². The highest BCUT2D eigenvalue weighted by atomic mass is 79.9. The highest BCUT2D eigenvalue weighted by Crippen LogP contribution is 2.48. The van der Waals surface area contributed by atoms with E-state index in [0.717, 1.165) is 30.2 Å². The molecule has 2 unspecified atom stereocenters. The Hall–Kier alpha value is -0.380. The molecule has 0 spiro atoms. The summed E-state index contributed by atoms with van der Waals surface area (Å²) in [5, 5.41) is 10.8. The van der Waals surface area contributed by atoms with E-state index in [1.54, 1.807) is 0 Å². The monoisotopic (exact) mass is 325 g/mol. The summed E-state index contributed by atoms with van der Waals surface area (Å²) < 4.78 is 1.11. The predicted octanol–water partition coefficient (Wildman–Crippen LogP) is 3.51. The molecule has 106 valence electrons. The molecular weight excluding hydrogens is 302 g/mol. The van der Waals surface area contributed by atoms with Crippen LogP contribution in [-0.4, -0.2) is 17.8 Å². The van der Waals surface area contributed by atoms with Crippen LogP contribution in [0.15, 0.2) is 28.7 Å². The fourth-order valence-corrected chi connectivity index (χ4v) is 3.92. The van der Waals surface area contributed by atoms with Crippen molar-refractivity contribution in [2.45, 2.75) is 45.6 Å². The maximum Gasteiger partial charge on any atom is 0.0662 e. The molecule has 0 aliphatic heterocycles. The van der Waals surface area contributed by atoms with Crippen LogP contribution in [0.4, 0.5) is 0 Å². The molecule has 1 aliphatic rings. The number of aliphatic hydroxyl groups excluding tert-OH is 1. The van der Waals surface area contributed by atoms with Crippen molar-refractivity contribution in [1.82, 2.24) is 0 Å². The number of hydrogen-bond donors (Lipinski definition) is 2. The Bertz CT molecular complexity index is 446. The number of rotatable bonds is 3. The zero-order chi connectivity index (χ0) is 14.1. The van der Waals surface area contributed by atoms with Crippen LogP contribution in [0.25, 0.3) is 0 Å². The van der Waals surface area contributed by atoms with Crippen LogP contribution in [-0.2, 0) is 6.42 Å². The molecule has 1 aromatic carbocycles. The summed E-state index contributed by atoms with van der Waals surface area (Å²) in [6.45, 7) is 4.85. The van der Waals surface area contributed by atoms with Crippen molar-refractivity contribution in [2.75, 3.05) is 6.54 Å². The first-order valence-electron chi connectivity index (χ1n) is 7.03.